The number of benzene rings is 1. The molecule has 3 rings (SSSR count). The monoisotopic (exact) mass is 324 g/mol. The molecule has 1 heterocycles. The second-order valence-corrected chi connectivity index (χ2v) is 6.40. The topological polar surface area (TPSA) is 46.4 Å². The first kappa shape index (κ1) is 12.9. The van der Waals surface area contributed by atoms with E-state index in [1.807, 2.05) is 12.1 Å². The average molecular weight is 325 g/mol. The summed E-state index contributed by atoms with van der Waals surface area (Å²) in [6, 6.07) is 5.91. The van der Waals surface area contributed by atoms with Crippen LogP contribution in [0, 0.1) is 16.0 Å². The highest BCUT2D eigenvalue weighted by molar-refractivity contribution is 9.10. The van der Waals surface area contributed by atoms with Crippen LogP contribution in [0.15, 0.2) is 22.7 Å². The Bertz CT molecular complexity index is 506. The predicted molar refractivity (Wildman–Crippen MR) is 78.5 cm³/mol. The number of anilines is 1. The van der Waals surface area contributed by atoms with Crippen LogP contribution < -0.4 is 4.90 Å². The fourth-order valence-electron chi connectivity index (χ4n) is 3.59. The molecular formula is C14H17BrN2O2. The molecule has 1 saturated carbocycles. The summed E-state index contributed by atoms with van der Waals surface area (Å²) in [5.41, 5.74) is 1.02. The third-order valence-corrected chi connectivity index (χ3v) is 4.95. The van der Waals surface area contributed by atoms with E-state index in [0.29, 0.717) is 6.04 Å². The van der Waals surface area contributed by atoms with E-state index in [1.165, 1.54) is 32.1 Å². The van der Waals surface area contributed by atoms with Crippen molar-refractivity contribution >= 4 is 27.3 Å². The standard InChI is InChI=1S/C14H17BrN2O2/c15-11-5-6-13(14(9-11)17(18)19)16-8-7-10-3-1-2-4-12(10)16/h5-6,9-10,12H,1-4,7-8H2. The smallest absolute Gasteiger partial charge is 0.293 e. The summed E-state index contributed by atoms with van der Waals surface area (Å²) in [5.74, 6) is 0.733. The number of nitrogens with zero attached hydrogens (tertiary/aromatic N) is 2. The Labute approximate surface area is 121 Å². The lowest BCUT2D eigenvalue weighted by atomic mass is 9.85. The summed E-state index contributed by atoms with van der Waals surface area (Å²) in [7, 11) is 0. The minimum Gasteiger partial charge on any atom is -0.363 e. The molecule has 102 valence electrons. The Kier molecular flexibility index (Phi) is 3.48. The summed E-state index contributed by atoms with van der Waals surface area (Å²) in [6.45, 7) is 0.956. The number of rotatable bonds is 2. The number of hydrogen-bond acceptors (Lipinski definition) is 3. The van der Waals surface area contributed by atoms with Crippen molar-refractivity contribution in [3.05, 3.63) is 32.8 Å². The van der Waals surface area contributed by atoms with Gasteiger partial charge < -0.3 is 4.90 Å². The molecule has 0 radical (unpaired) electrons. The summed E-state index contributed by atoms with van der Waals surface area (Å²) < 4.78 is 0.766. The molecule has 0 N–H and O–H groups in total. The van der Waals surface area contributed by atoms with Crippen LogP contribution in [-0.2, 0) is 0 Å². The van der Waals surface area contributed by atoms with Gasteiger partial charge in [-0.1, -0.05) is 28.8 Å². The van der Waals surface area contributed by atoms with Crippen molar-refractivity contribution < 1.29 is 4.92 Å². The molecule has 19 heavy (non-hydrogen) atoms. The van der Waals surface area contributed by atoms with Gasteiger partial charge in [-0.25, -0.2) is 0 Å². The maximum Gasteiger partial charge on any atom is 0.293 e. The lowest BCUT2D eigenvalue weighted by Crippen LogP contribution is -2.35. The van der Waals surface area contributed by atoms with E-state index in [2.05, 4.69) is 20.8 Å². The van der Waals surface area contributed by atoms with Crippen molar-refractivity contribution in [1.82, 2.24) is 0 Å². The van der Waals surface area contributed by atoms with Crippen LogP contribution in [-0.4, -0.2) is 17.5 Å². The quantitative estimate of drug-likeness (QED) is 0.607. The first-order valence-electron chi connectivity index (χ1n) is 6.87. The van der Waals surface area contributed by atoms with Gasteiger partial charge in [0.2, 0.25) is 0 Å². The molecule has 0 amide bonds. The Hall–Kier alpha value is -1.10. The molecule has 2 fully saturated rings. The van der Waals surface area contributed by atoms with E-state index in [0.717, 1.165) is 22.6 Å². The summed E-state index contributed by atoms with van der Waals surface area (Å²) in [6.07, 6.45) is 6.21. The maximum atomic E-state index is 11.2. The number of nitro benzene ring substituents is 1. The third kappa shape index (κ3) is 2.36. The van der Waals surface area contributed by atoms with Gasteiger partial charge in [-0.2, -0.15) is 0 Å². The van der Waals surface area contributed by atoms with Gasteiger partial charge in [-0.05, 0) is 37.3 Å². The number of fused-ring (bicyclic) bond motifs is 1. The largest absolute Gasteiger partial charge is 0.363 e. The molecule has 2 aliphatic rings. The fraction of sp³-hybridized carbons (Fsp3) is 0.571. The molecular weight excluding hydrogens is 308 g/mol. The van der Waals surface area contributed by atoms with Crippen LogP contribution in [0.4, 0.5) is 11.4 Å². The molecule has 1 aliphatic heterocycles. The van der Waals surface area contributed by atoms with Gasteiger partial charge in [-0.3, -0.25) is 10.1 Å². The Morgan fingerprint density at radius 2 is 2.05 bits per heavy atom. The summed E-state index contributed by atoms with van der Waals surface area (Å²) in [5, 5.41) is 11.2. The maximum absolute atomic E-state index is 11.2. The van der Waals surface area contributed by atoms with Crippen LogP contribution in [0.1, 0.15) is 32.1 Å². The third-order valence-electron chi connectivity index (χ3n) is 4.45. The van der Waals surface area contributed by atoms with E-state index in [-0.39, 0.29) is 10.6 Å². The minimum atomic E-state index is -0.268. The summed E-state index contributed by atoms with van der Waals surface area (Å²) >= 11 is 3.32. The highest BCUT2D eigenvalue weighted by Crippen LogP contribution is 2.42. The van der Waals surface area contributed by atoms with Crippen molar-refractivity contribution in [2.75, 3.05) is 11.4 Å². The normalized spacial score (nSPS) is 26.3. The Morgan fingerprint density at radius 3 is 2.84 bits per heavy atom. The molecule has 0 bridgehead atoms. The van der Waals surface area contributed by atoms with Gasteiger partial charge in [0.05, 0.1) is 4.92 Å². The molecule has 0 spiro atoms. The summed E-state index contributed by atoms with van der Waals surface area (Å²) in [4.78, 5) is 13.3. The molecule has 1 aliphatic carbocycles. The molecule has 1 aromatic carbocycles. The molecule has 1 saturated heterocycles. The lowest BCUT2D eigenvalue weighted by Gasteiger charge is -2.32. The van der Waals surface area contributed by atoms with Crippen LogP contribution in [0.2, 0.25) is 0 Å². The zero-order chi connectivity index (χ0) is 13.4. The van der Waals surface area contributed by atoms with E-state index < -0.39 is 0 Å². The van der Waals surface area contributed by atoms with E-state index in [9.17, 15) is 10.1 Å². The Balaban J connectivity index is 1.95. The van der Waals surface area contributed by atoms with Crippen LogP contribution in [0.3, 0.4) is 0 Å². The van der Waals surface area contributed by atoms with E-state index in [4.69, 9.17) is 0 Å². The van der Waals surface area contributed by atoms with E-state index in [1.54, 1.807) is 6.07 Å². The minimum absolute atomic E-state index is 0.223. The SMILES string of the molecule is O=[N+]([O-])c1cc(Br)ccc1N1CCC2CCCCC21. The lowest BCUT2D eigenvalue weighted by molar-refractivity contribution is -0.384. The van der Waals surface area contributed by atoms with Crippen molar-refractivity contribution in [3.63, 3.8) is 0 Å². The van der Waals surface area contributed by atoms with Crippen LogP contribution >= 0.6 is 15.9 Å². The number of nitro groups is 1. The average Bonchev–Trinajstić information content (AvgIpc) is 2.82. The molecule has 1 aromatic rings. The van der Waals surface area contributed by atoms with Gasteiger partial charge in [0.1, 0.15) is 5.69 Å². The molecule has 0 aromatic heterocycles. The van der Waals surface area contributed by atoms with Gasteiger partial charge in [-0.15, -0.1) is 0 Å². The second kappa shape index (κ2) is 5.12. The van der Waals surface area contributed by atoms with Gasteiger partial charge in [0.25, 0.3) is 5.69 Å². The molecule has 2 atom stereocenters. The molecule has 4 nitrogen and oxygen atoms in total. The van der Waals surface area contributed by atoms with Crippen molar-refractivity contribution in [1.29, 1.82) is 0 Å². The van der Waals surface area contributed by atoms with Crippen molar-refractivity contribution in [2.24, 2.45) is 5.92 Å². The zero-order valence-corrected chi connectivity index (χ0v) is 12.3. The van der Waals surface area contributed by atoms with Crippen molar-refractivity contribution in [3.8, 4) is 0 Å². The molecule has 5 heteroatoms. The number of halogens is 1. The zero-order valence-electron chi connectivity index (χ0n) is 10.7. The van der Waals surface area contributed by atoms with E-state index >= 15 is 0 Å². The highest BCUT2D eigenvalue weighted by Gasteiger charge is 2.37. The fourth-order valence-corrected chi connectivity index (χ4v) is 3.94. The van der Waals surface area contributed by atoms with Gasteiger partial charge in [0, 0.05) is 23.1 Å². The highest BCUT2D eigenvalue weighted by atomic mass is 79.9. The van der Waals surface area contributed by atoms with Crippen LogP contribution in [0.25, 0.3) is 0 Å². The number of hydrogen-bond donors (Lipinski definition) is 0. The first-order chi connectivity index (χ1) is 9.16. The molecule has 2 unspecified atom stereocenters. The van der Waals surface area contributed by atoms with Crippen molar-refractivity contribution in [2.45, 2.75) is 38.1 Å². The van der Waals surface area contributed by atoms with Crippen LogP contribution in [0.5, 0.6) is 0 Å². The van der Waals surface area contributed by atoms with Gasteiger partial charge in [0.15, 0.2) is 0 Å². The predicted octanol–water partition coefficient (Wildman–Crippen LogP) is 4.13. The first-order valence-corrected chi connectivity index (χ1v) is 7.66. The van der Waals surface area contributed by atoms with Gasteiger partial charge >= 0.3 is 0 Å². The Morgan fingerprint density at radius 1 is 1.26 bits per heavy atom. The second-order valence-electron chi connectivity index (χ2n) is 5.48.